The van der Waals surface area contributed by atoms with Crippen LogP contribution in [0.25, 0.3) is 0 Å². The highest BCUT2D eigenvalue weighted by molar-refractivity contribution is 5.74. The van der Waals surface area contributed by atoms with Gasteiger partial charge in [-0.1, -0.05) is 13.3 Å². The summed E-state index contributed by atoms with van der Waals surface area (Å²) in [6.45, 7) is 2.98. The molecule has 0 aliphatic heterocycles. The second-order valence-corrected chi connectivity index (χ2v) is 4.21. The molecule has 0 aromatic rings. The number of nitrogens with one attached hydrogen (secondary N) is 2. The van der Waals surface area contributed by atoms with Crippen LogP contribution in [-0.4, -0.2) is 30.3 Å². The second-order valence-electron chi connectivity index (χ2n) is 4.21. The molecule has 4 nitrogen and oxygen atoms in total. The van der Waals surface area contributed by atoms with Crippen molar-refractivity contribution in [3.63, 3.8) is 0 Å². The number of unbranched alkanes of at least 4 members (excludes halogenated alkanes) is 1. The molecule has 15 heavy (non-hydrogen) atoms. The van der Waals surface area contributed by atoms with Gasteiger partial charge >= 0.3 is 6.03 Å². The first kappa shape index (κ1) is 12.3. The molecule has 1 atom stereocenters. The molecule has 0 saturated heterocycles. The minimum Gasteiger partial charge on any atom is -0.396 e. The molecule has 4 heteroatoms. The maximum absolute atomic E-state index is 11.4. The van der Waals surface area contributed by atoms with E-state index in [1.165, 1.54) is 12.8 Å². The van der Waals surface area contributed by atoms with Crippen LogP contribution in [0.4, 0.5) is 4.79 Å². The van der Waals surface area contributed by atoms with Gasteiger partial charge in [-0.2, -0.15) is 0 Å². The van der Waals surface area contributed by atoms with Crippen LogP contribution in [0.1, 0.15) is 39.0 Å². The number of urea groups is 1. The SMILES string of the molecule is CCCCNC(=O)NC(CCO)C1CC1. The van der Waals surface area contributed by atoms with Gasteiger partial charge in [0.15, 0.2) is 0 Å². The zero-order valence-electron chi connectivity index (χ0n) is 9.46. The monoisotopic (exact) mass is 214 g/mol. The molecule has 1 unspecified atom stereocenters. The van der Waals surface area contributed by atoms with Crippen molar-refractivity contribution in [3.05, 3.63) is 0 Å². The fraction of sp³-hybridized carbons (Fsp3) is 0.909. The smallest absolute Gasteiger partial charge is 0.315 e. The molecule has 0 bridgehead atoms. The van der Waals surface area contributed by atoms with Gasteiger partial charge in [-0.15, -0.1) is 0 Å². The highest BCUT2D eigenvalue weighted by Crippen LogP contribution is 2.33. The number of rotatable bonds is 7. The van der Waals surface area contributed by atoms with Crippen molar-refractivity contribution in [2.24, 2.45) is 5.92 Å². The van der Waals surface area contributed by atoms with Crippen LogP contribution in [0.5, 0.6) is 0 Å². The van der Waals surface area contributed by atoms with Crippen LogP contribution in [0.2, 0.25) is 0 Å². The normalized spacial score (nSPS) is 17.2. The van der Waals surface area contributed by atoms with E-state index in [2.05, 4.69) is 17.6 Å². The molecule has 2 amide bonds. The molecule has 1 saturated carbocycles. The molecule has 3 N–H and O–H groups in total. The fourth-order valence-corrected chi connectivity index (χ4v) is 1.66. The summed E-state index contributed by atoms with van der Waals surface area (Å²) >= 11 is 0. The molecule has 0 heterocycles. The fourth-order valence-electron chi connectivity index (χ4n) is 1.66. The van der Waals surface area contributed by atoms with Gasteiger partial charge in [-0.25, -0.2) is 4.79 Å². The molecule has 1 aliphatic carbocycles. The Morgan fingerprint density at radius 1 is 1.53 bits per heavy atom. The number of aliphatic hydroxyl groups excluding tert-OH is 1. The third kappa shape index (κ3) is 5.02. The first-order valence-corrected chi connectivity index (χ1v) is 5.93. The first-order chi connectivity index (χ1) is 7.27. The van der Waals surface area contributed by atoms with E-state index in [9.17, 15) is 4.79 Å². The van der Waals surface area contributed by atoms with Crippen molar-refractivity contribution in [1.29, 1.82) is 0 Å². The van der Waals surface area contributed by atoms with Gasteiger partial charge in [0.25, 0.3) is 0 Å². The molecule has 1 fully saturated rings. The van der Waals surface area contributed by atoms with Gasteiger partial charge in [0.2, 0.25) is 0 Å². The molecule has 1 rings (SSSR count). The van der Waals surface area contributed by atoms with Gasteiger partial charge in [-0.3, -0.25) is 0 Å². The van der Waals surface area contributed by atoms with Crippen molar-refractivity contribution in [3.8, 4) is 0 Å². The Balaban J connectivity index is 2.15. The van der Waals surface area contributed by atoms with Crippen LogP contribution in [0.3, 0.4) is 0 Å². The zero-order valence-corrected chi connectivity index (χ0v) is 9.46. The summed E-state index contributed by atoms with van der Waals surface area (Å²) in [6, 6.07) is 0.0745. The third-order valence-electron chi connectivity index (χ3n) is 2.76. The molecule has 0 radical (unpaired) electrons. The molecule has 88 valence electrons. The Morgan fingerprint density at radius 2 is 2.27 bits per heavy atom. The van der Waals surface area contributed by atoms with E-state index in [1.54, 1.807) is 0 Å². The number of aliphatic hydroxyl groups is 1. The summed E-state index contributed by atoms with van der Waals surface area (Å²) in [5.74, 6) is 0.592. The summed E-state index contributed by atoms with van der Waals surface area (Å²) in [6.07, 6.45) is 5.14. The van der Waals surface area contributed by atoms with E-state index < -0.39 is 0 Å². The Labute approximate surface area is 91.4 Å². The van der Waals surface area contributed by atoms with Crippen molar-refractivity contribution in [2.75, 3.05) is 13.2 Å². The van der Waals surface area contributed by atoms with Gasteiger partial charge in [0.1, 0.15) is 0 Å². The maximum Gasteiger partial charge on any atom is 0.315 e. The Hall–Kier alpha value is -0.770. The Morgan fingerprint density at radius 3 is 2.80 bits per heavy atom. The lowest BCUT2D eigenvalue weighted by atomic mass is 10.1. The summed E-state index contributed by atoms with van der Waals surface area (Å²) in [5.41, 5.74) is 0. The van der Waals surface area contributed by atoms with Gasteiger partial charge < -0.3 is 15.7 Å². The first-order valence-electron chi connectivity index (χ1n) is 5.93. The Bertz CT molecular complexity index is 193. The number of carbonyl (C=O) groups is 1. The Kier molecular flexibility index (Phi) is 5.47. The highest BCUT2D eigenvalue weighted by Gasteiger charge is 2.31. The summed E-state index contributed by atoms with van der Waals surface area (Å²) in [7, 11) is 0. The van der Waals surface area contributed by atoms with E-state index in [0.717, 1.165) is 19.4 Å². The number of amides is 2. The lowest BCUT2D eigenvalue weighted by Gasteiger charge is -2.17. The molecule has 1 aliphatic rings. The van der Waals surface area contributed by atoms with Gasteiger partial charge in [0, 0.05) is 19.2 Å². The van der Waals surface area contributed by atoms with E-state index in [4.69, 9.17) is 5.11 Å². The predicted octanol–water partition coefficient (Wildman–Crippen LogP) is 1.25. The highest BCUT2D eigenvalue weighted by atomic mass is 16.3. The molecular formula is C11H22N2O2. The number of carbonyl (C=O) groups excluding carboxylic acids is 1. The van der Waals surface area contributed by atoms with E-state index in [0.29, 0.717) is 12.3 Å². The van der Waals surface area contributed by atoms with Crippen LogP contribution < -0.4 is 10.6 Å². The lowest BCUT2D eigenvalue weighted by molar-refractivity contribution is 0.225. The molecule has 0 aromatic carbocycles. The van der Waals surface area contributed by atoms with Gasteiger partial charge in [-0.05, 0) is 31.6 Å². The van der Waals surface area contributed by atoms with Crippen LogP contribution in [0, 0.1) is 5.92 Å². The molecule has 0 spiro atoms. The van der Waals surface area contributed by atoms with Crippen molar-refractivity contribution in [2.45, 2.75) is 45.1 Å². The zero-order chi connectivity index (χ0) is 11.1. The van der Waals surface area contributed by atoms with Crippen LogP contribution in [-0.2, 0) is 0 Å². The minimum absolute atomic E-state index is 0.0891. The summed E-state index contributed by atoms with van der Waals surface area (Å²) < 4.78 is 0. The average molecular weight is 214 g/mol. The topological polar surface area (TPSA) is 61.4 Å². The van der Waals surface area contributed by atoms with Crippen LogP contribution >= 0.6 is 0 Å². The maximum atomic E-state index is 11.4. The van der Waals surface area contributed by atoms with Crippen molar-refractivity contribution < 1.29 is 9.90 Å². The second kappa shape index (κ2) is 6.67. The van der Waals surface area contributed by atoms with Crippen molar-refractivity contribution >= 4 is 6.03 Å². The largest absolute Gasteiger partial charge is 0.396 e. The average Bonchev–Trinajstić information content (AvgIpc) is 3.01. The van der Waals surface area contributed by atoms with E-state index in [1.807, 2.05) is 0 Å². The molecular weight excluding hydrogens is 192 g/mol. The lowest BCUT2D eigenvalue weighted by Crippen LogP contribution is -2.43. The summed E-state index contributed by atoms with van der Waals surface area (Å²) in [5, 5.41) is 14.6. The predicted molar refractivity (Wildman–Crippen MR) is 59.7 cm³/mol. The minimum atomic E-state index is -0.0891. The van der Waals surface area contributed by atoms with Crippen LogP contribution in [0.15, 0.2) is 0 Å². The summed E-state index contributed by atoms with van der Waals surface area (Å²) in [4.78, 5) is 11.4. The quantitative estimate of drug-likeness (QED) is 0.558. The van der Waals surface area contributed by atoms with Crippen molar-refractivity contribution in [1.82, 2.24) is 10.6 Å². The van der Waals surface area contributed by atoms with E-state index in [-0.39, 0.29) is 18.7 Å². The standard InChI is InChI=1S/C11H22N2O2/c1-2-3-7-12-11(15)13-10(6-8-14)9-4-5-9/h9-10,14H,2-8H2,1H3,(H2,12,13,15). The number of hydrogen-bond acceptors (Lipinski definition) is 2. The van der Waals surface area contributed by atoms with Gasteiger partial charge in [0.05, 0.1) is 0 Å². The number of hydrogen-bond donors (Lipinski definition) is 3. The molecule has 0 aromatic heterocycles. The van der Waals surface area contributed by atoms with E-state index >= 15 is 0 Å². The third-order valence-corrected chi connectivity index (χ3v) is 2.76.